The number of benzene rings is 5. The van der Waals surface area contributed by atoms with Gasteiger partial charge in [0.25, 0.3) is 0 Å². The van der Waals surface area contributed by atoms with Crippen LogP contribution in [-0.4, -0.2) is 19.5 Å². The summed E-state index contributed by atoms with van der Waals surface area (Å²) in [6.07, 6.45) is 6.61. The minimum atomic E-state index is 0.174. The van der Waals surface area contributed by atoms with Crippen molar-refractivity contribution in [3.05, 3.63) is 138 Å². The van der Waals surface area contributed by atoms with Crippen LogP contribution >= 0.6 is 11.6 Å². The van der Waals surface area contributed by atoms with Crippen LogP contribution in [0.5, 0.6) is 0 Å². The second kappa shape index (κ2) is 10.1. The summed E-state index contributed by atoms with van der Waals surface area (Å²) in [6.45, 7) is 0. The Morgan fingerprint density at radius 1 is 0.571 bits per heavy atom. The molecule has 0 bridgehead atoms. The number of nitrogens with zero attached hydrogens (tertiary/aromatic N) is 4. The van der Waals surface area contributed by atoms with Crippen LogP contribution < -0.4 is 0 Å². The Bertz CT molecular complexity index is 2160. The molecule has 200 valence electrons. The summed E-state index contributed by atoms with van der Waals surface area (Å²) in [6, 6.07) is 40.3. The van der Waals surface area contributed by atoms with Crippen LogP contribution in [0.2, 0.25) is 5.28 Å². The number of rotatable bonds is 4. The third kappa shape index (κ3) is 4.28. The van der Waals surface area contributed by atoms with E-state index in [4.69, 9.17) is 16.6 Å². The van der Waals surface area contributed by atoms with Gasteiger partial charge in [0.2, 0.25) is 5.28 Å². The maximum absolute atomic E-state index is 6.51. The molecule has 0 unspecified atom stereocenters. The Kier molecular flexibility index (Phi) is 5.94. The molecule has 1 aliphatic carbocycles. The molecule has 5 heteroatoms. The highest BCUT2D eigenvalue weighted by molar-refractivity contribution is 6.28. The third-order valence-corrected chi connectivity index (χ3v) is 8.20. The fraction of sp³-hybridized carbons (Fsp3) is 0.0541. The van der Waals surface area contributed by atoms with Gasteiger partial charge < -0.3 is 4.57 Å². The van der Waals surface area contributed by atoms with Gasteiger partial charge in [0.05, 0.1) is 11.0 Å². The lowest BCUT2D eigenvalue weighted by Crippen LogP contribution is -1.98. The van der Waals surface area contributed by atoms with Crippen molar-refractivity contribution in [3.8, 4) is 39.6 Å². The maximum Gasteiger partial charge on any atom is 0.226 e. The third-order valence-electron chi connectivity index (χ3n) is 8.03. The number of aromatic nitrogens is 4. The monoisotopic (exact) mass is 560 g/mol. The van der Waals surface area contributed by atoms with E-state index in [-0.39, 0.29) is 5.28 Å². The van der Waals surface area contributed by atoms with Crippen molar-refractivity contribution in [2.24, 2.45) is 0 Å². The maximum atomic E-state index is 6.51. The molecule has 2 aromatic heterocycles. The summed E-state index contributed by atoms with van der Waals surface area (Å²) < 4.78 is 2.29. The van der Waals surface area contributed by atoms with Crippen LogP contribution in [0.25, 0.3) is 67.5 Å². The summed E-state index contributed by atoms with van der Waals surface area (Å²) in [5.41, 5.74) is 10.2. The van der Waals surface area contributed by atoms with Crippen molar-refractivity contribution in [2.75, 3.05) is 0 Å². The van der Waals surface area contributed by atoms with E-state index in [1.54, 1.807) is 0 Å². The van der Waals surface area contributed by atoms with Gasteiger partial charge >= 0.3 is 0 Å². The van der Waals surface area contributed by atoms with Crippen LogP contribution in [-0.2, 0) is 6.42 Å². The first-order valence-electron chi connectivity index (χ1n) is 14.1. The van der Waals surface area contributed by atoms with Gasteiger partial charge in [0, 0.05) is 27.6 Å². The van der Waals surface area contributed by atoms with Gasteiger partial charge in [-0.1, -0.05) is 84.9 Å². The molecule has 1 aliphatic rings. The van der Waals surface area contributed by atoms with E-state index >= 15 is 0 Å². The van der Waals surface area contributed by atoms with Crippen molar-refractivity contribution in [3.63, 3.8) is 0 Å². The van der Waals surface area contributed by atoms with E-state index in [0.29, 0.717) is 11.6 Å². The van der Waals surface area contributed by atoms with Crippen molar-refractivity contribution in [1.29, 1.82) is 0 Å². The van der Waals surface area contributed by atoms with E-state index in [0.717, 1.165) is 51.6 Å². The van der Waals surface area contributed by atoms with E-state index in [1.165, 1.54) is 22.1 Å². The molecule has 7 aromatic rings. The Balaban J connectivity index is 1.22. The standard InChI is InChI=1S/C37H25ClN4/c38-37-40-35(28-12-8-11-26(22-28)27-18-17-24-9-4-5-10-25(24)21-27)39-36(41-37)29-19-20-34-32(23-29)31-15-6-7-16-33(31)42(34)30-13-2-1-3-14-30/h1-4,6-9,11-23H,5,10H2. The van der Waals surface area contributed by atoms with Gasteiger partial charge in [0.15, 0.2) is 11.6 Å². The van der Waals surface area contributed by atoms with Gasteiger partial charge in [-0.05, 0) is 89.2 Å². The van der Waals surface area contributed by atoms with Crippen molar-refractivity contribution in [2.45, 2.75) is 12.8 Å². The fourth-order valence-electron chi connectivity index (χ4n) is 6.03. The van der Waals surface area contributed by atoms with Gasteiger partial charge in [-0.15, -0.1) is 0 Å². The number of allylic oxidation sites excluding steroid dienone is 1. The lowest BCUT2D eigenvalue weighted by molar-refractivity contribution is 0.986. The predicted octanol–water partition coefficient (Wildman–Crippen LogP) is 9.58. The molecular weight excluding hydrogens is 536 g/mol. The molecule has 0 atom stereocenters. The normalized spacial score (nSPS) is 12.6. The molecule has 5 aromatic carbocycles. The Morgan fingerprint density at radius 3 is 2.17 bits per heavy atom. The number of hydrogen-bond donors (Lipinski definition) is 0. The van der Waals surface area contributed by atoms with Crippen LogP contribution in [0.1, 0.15) is 17.5 Å². The second-order valence-corrected chi connectivity index (χ2v) is 10.9. The summed E-state index contributed by atoms with van der Waals surface area (Å²) in [7, 11) is 0. The fourth-order valence-corrected chi connectivity index (χ4v) is 6.19. The summed E-state index contributed by atoms with van der Waals surface area (Å²) in [5.74, 6) is 1.11. The molecule has 2 heterocycles. The largest absolute Gasteiger partial charge is 0.309 e. The Labute approximate surface area is 248 Å². The lowest BCUT2D eigenvalue weighted by atomic mass is 9.93. The van der Waals surface area contributed by atoms with Crippen molar-refractivity contribution < 1.29 is 0 Å². The van der Waals surface area contributed by atoms with E-state index < -0.39 is 0 Å². The highest BCUT2D eigenvalue weighted by Crippen LogP contribution is 2.35. The molecule has 0 saturated heterocycles. The number of halogens is 1. The van der Waals surface area contributed by atoms with Crippen molar-refractivity contribution >= 4 is 39.5 Å². The van der Waals surface area contributed by atoms with Gasteiger partial charge in [0.1, 0.15) is 0 Å². The highest BCUT2D eigenvalue weighted by atomic mass is 35.5. The van der Waals surface area contributed by atoms with Gasteiger partial charge in [-0.3, -0.25) is 0 Å². The summed E-state index contributed by atoms with van der Waals surface area (Å²) in [5, 5.41) is 2.48. The molecule has 0 saturated carbocycles. The Hall–Kier alpha value is -5.06. The number of fused-ring (bicyclic) bond motifs is 4. The van der Waals surface area contributed by atoms with Gasteiger partial charge in [-0.2, -0.15) is 9.97 Å². The van der Waals surface area contributed by atoms with E-state index in [1.807, 2.05) is 18.2 Å². The molecule has 0 spiro atoms. The first-order chi connectivity index (χ1) is 20.7. The van der Waals surface area contributed by atoms with Crippen molar-refractivity contribution in [1.82, 2.24) is 19.5 Å². The topological polar surface area (TPSA) is 43.6 Å². The van der Waals surface area contributed by atoms with Crippen LogP contribution in [0.4, 0.5) is 0 Å². The Morgan fingerprint density at radius 2 is 1.29 bits per heavy atom. The molecule has 0 radical (unpaired) electrons. The van der Waals surface area contributed by atoms with E-state index in [9.17, 15) is 0 Å². The number of aryl methyl sites for hydroxylation is 1. The minimum Gasteiger partial charge on any atom is -0.309 e. The zero-order valence-electron chi connectivity index (χ0n) is 22.7. The molecule has 4 nitrogen and oxygen atoms in total. The average molecular weight is 561 g/mol. The molecule has 0 amide bonds. The predicted molar refractivity (Wildman–Crippen MR) is 173 cm³/mol. The minimum absolute atomic E-state index is 0.174. The molecule has 8 rings (SSSR count). The van der Waals surface area contributed by atoms with Crippen LogP contribution in [0.15, 0.2) is 121 Å². The lowest BCUT2D eigenvalue weighted by Gasteiger charge is -2.13. The average Bonchev–Trinajstić information content (AvgIpc) is 3.38. The molecule has 42 heavy (non-hydrogen) atoms. The molecular formula is C37H25ClN4. The van der Waals surface area contributed by atoms with Crippen LogP contribution in [0.3, 0.4) is 0 Å². The summed E-state index contributed by atoms with van der Waals surface area (Å²) >= 11 is 6.51. The number of para-hydroxylation sites is 2. The quantitative estimate of drug-likeness (QED) is 0.215. The molecule has 0 aliphatic heterocycles. The van der Waals surface area contributed by atoms with Gasteiger partial charge in [-0.25, -0.2) is 4.98 Å². The van der Waals surface area contributed by atoms with Crippen LogP contribution in [0, 0.1) is 0 Å². The molecule has 0 fully saturated rings. The zero-order valence-corrected chi connectivity index (χ0v) is 23.5. The number of hydrogen-bond acceptors (Lipinski definition) is 3. The summed E-state index contributed by atoms with van der Waals surface area (Å²) in [4.78, 5) is 14.0. The highest BCUT2D eigenvalue weighted by Gasteiger charge is 2.16. The second-order valence-electron chi connectivity index (χ2n) is 10.6. The first kappa shape index (κ1) is 24.7. The van der Waals surface area contributed by atoms with E-state index in [2.05, 4.69) is 124 Å². The SMILES string of the molecule is Clc1nc(-c2cccc(-c3ccc4c(c3)CCC=C4)c2)nc(-c2ccc3c(c2)c2ccccc2n3-c2ccccc2)n1. The molecule has 0 N–H and O–H groups in total. The smallest absolute Gasteiger partial charge is 0.226 e. The zero-order chi connectivity index (χ0) is 28.0. The first-order valence-corrected chi connectivity index (χ1v) is 14.5.